The van der Waals surface area contributed by atoms with Gasteiger partial charge in [0.1, 0.15) is 18.2 Å². The third kappa shape index (κ3) is 5.39. The number of benzene rings is 1. The summed E-state index contributed by atoms with van der Waals surface area (Å²) in [6.45, 7) is 2.68. The quantitative estimate of drug-likeness (QED) is 0.656. The molecule has 0 aliphatic heterocycles. The Balaban J connectivity index is 1.68. The summed E-state index contributed by atoms with van der Waals surface area (Å²) in [5.41, 5.74) is 0. The van der Waals surface area contributed by atoms with E-state index in [9.17, 15) is 9.18 Å². The number of aryl methyl sites for hydroxylation is 1. The average Bonchev–Trinajstić information content (AvgIpc) is 2.87. The Morgan fingerprint density at radius 2 is 2.24 bits per heavy atom. The molecule has 0 radical (unpaired) electrons. The second kappa shape index (κ2) is 7.59. The van der Waals surface area contributed by atoms with E-state index in [0.29, 0.717) is 18.9 Å². The molecule has 2 aromatic rings. The van der Waals surface area contributed by atoms with Crippen LogP contribution < -0.4 is 10.1 Å². The van der Waals surface area contributed by atoms with Gasteiger partial charge in [0, 0.05) is 21.9 Å². The maximum atomic E-state index is 12.9. The standard InChI is InChI=1S/C16H16FNO2S/c1-12-5-6-15(21-12)7-8-16(19)18-9-10-20-14-4-2-3-13(17)11-14/h2-8,11H,9-10H2,1H3,(H,18,19). The highest BCUT2D eigenvalue weighted by atomic mass is 32.1. The van der Waals surface area contributed by atoms with E-state index in [2.05, 4.69) is 5.32 Å². The first kappa shape index (κ1) is 15.3. The number of rotatable bonds is 6. The van der Waals surface area contributed by atoms with Crippen molar-refractivity contribution in [2.45, 2.75) is 6.92 Å². The van der Waals surface area contributed by atoms with Gasteiger partial charge in [-0.3, -0.25) is 4.79 Å². The Morgan fingerprint density at radius 3 is 2.95 bits per heavy atom. The van der Waals surface area contributed by atoms with Gasteiger partial charge in [-0.25, -0.2) is 4.39 Å². The third-order valence-electron chi connectivity index (χ3n) is 2.63. The Morgan fingerprint density at radius 1 is 1.38 bits per heavy atom. The fourth-order valence-corrected chi connectivity index (χ4v) is 2.44. The van der Waals surface area contributed by atoms with Crippen LogP contribution in [-0.4, -0.2) is 19.1 Å². The van der Waals surface area contributed by atoms with Gasteiger partial charge in [-0.15, -0.1) is 11.3 Å². The maximum Gasteiger partial charge on any atom is 0.244 e. The molecule has 0 saturated carbocycles. The minimum absolute atomic E-state index is 0.177. The Hall–Kier alpha value is -2.14. The van der Waals surface area contributed by atoms with Crippen molar-refractivity contribution in [3.8, 4) is 5.75 Å². The van der Waals surface area contributed by atoms with Crippen molar-refractivity contribution < 1.29 is 13.9 Å². The smallest absolute Gasteiger partial charge is 0.244 e. The molecule has 110 valence electrons. The van der Waals surface area contributed by atoms with E-state index in [-0.39, 0.29) is 11.7 Å². The molecule has 0 saturated heterocycles. The van der Waals surface area contributed by atoms with Gasteiger partial charge in [0.15, 0.2) is 0 Å². The molecule has 0 bridgehead atoms. The largest absolute Gasteiger partial charge is 0.492 e. The molecule has 0 unspecified atom stereocenters. The normalized spacial score (nSPS) is 10.8. The highest BCUT2D eigenvalue weighted by molar-refractivity contribution is 7.12. The van der Waals surface area contributed by atoms with Gasteiger partial charge in [-0.2, -0.15) is 0 Å². The van der Waals surface area contributed by atoms with Crippen LogP contribution in [0.5, 0.6) is 5.75 Å². The SMILES string of the molecule is Cc1ccc(C=CC(=O)NCCOc2cccc(F)c2)s1. The van der Waals surface area contributed by atoms with Crippen LogP contribution in [-0.2, 0) is 4.79 Å². The van der Waals surface area contributed by atoms with Crippen molar-refractivity contribution in [3.05, 3.63) is 58.0 Å². The summed E-state index contributed by atoms with van der Waals surface area (Å²) in [7, 11) is 0. The molecular formula is C16H16FNO2S. The summed E-state index contributed by atoms with van der Waals surface area (Å²) >= 11 is 1.63. The molecule has 0 atom stereocenters. The highest BCUT2D eigenvalue weighted by Crippen LogP contribution is 2.16. The predicted octanol–water partition coefficient (Wildman–Crippen LogP) is 3.40. The van der Waals surface area contributed by atoms with Crippen molar-refractivity contribution in [1.82, 2.24) is 5.32 Å². The lowest BCUT2D eigenvalue weighted by molar-refractivity contribution is -0.116. The van der Waals surface area contributed by atoms with E-state index in [0.717, 1.165) is 4.88 Å². The number of ether oxygens (including phenoxy) is 1. The summed E-state index contributed by atoms with van der Waals surface area (Å²) in [5.74, 6) is -0.0662. The van der Waals surface area contributed by atoms with E-state index >= 15 is 0 Å². The molecule has 0 aliphatic rings. The van der Waals surface area contributed by atoms with Crippen molar-refractivity contribution in [2.75, 3.05) is 13.2 Å². The summed E-state index contributed by atoms with van der Waals surface area (Å²) in [4.78, 5) is 13.8. The zero-order valence-corrected chi connectivity index (χ0v) is 12.5. The first-order valence-corrected chi connectivity index (χ1v) is 7.36. The zero-order chi connectivity index (χ0) is 15.1. The fourth-order valence-electron chi connectivity index (χ4n) is 1.66. The molecule has 2 rings (SSSR count). The van der Waals surface area contributed by atoms with Crippen LogP contribution in [0, 0.1) is 12.7 Å². The van der Waals surface area contributed by atoms with E-state index in [1.165, 1.54) is 23.1 Å². The lowest BCUT2D eigenvalue weighted by Crippen LogP contribution is -2.26. The van der Waals surface area contributed by atoms with Gasteiger partial charge in [0.25, 0.3) is 0 Å². The van der Waals surface area contributed by atoms with Gasteiger partial charge in [0.05, 0.1) is 6.54 Å². The summed E-state index contributed by atoms with van der Waals surface area (Å²) in [6.07, 6.45) is 3.27. The molecule has 1 N–H and O–H groups in total. The van der Waals surface area contributed by atoms with Gasteiger partial charge in [0.2, 0.25) is 5.91 Å². The number of amides is 1. The molecule has 5 heteroatoms. The number of hydrogen-bond acceptors (Lipinski definition) is 3. The monoisotopic (exact) mass is 305 g/mol. The number of thiophene rings is 1. The number of hydrogen-bond donors (Lipinski definition) is 1. The lowest BCUT2D eigenvalue weighted by atomic mass is 10.3. The number of carbonyl (C=O) groups is 1. The predicted molar refractivity (Wildman–Crippen MR) is 83.0 cm³/mol. The van der Waals surface area contributed by atoms with Crippen LogP contribution in [0.15, 0.2) is 42.5 Å². The maximum absolute atomic E-state index is 12.9. The Bertz CT molecular complexity index is 637. The van der Waals surface area contributed by atoms with E-state index in [1.807, 2.05) is 19.1 Å². The zero-order valence-electron chi connectivity index (χ0n) is 11.6. The van der Waals surface area contributed by atoms with Gasteiger partial charge < -0.3 is 10.1 Å². The third-order valence-corrected chi connectivity index (χ3v) is 3.59. The molecule has 0 fully saturated rings. The molecule has 1 amide bonds. The fraction of sp³-hybridized carbons (Fsp3) is 0.188. The Labute approximate surface area is 127 Å². The van der Waals surface area contributed by atoms with Crippen molar-refractivity contribution in [3.63, 3.8) is 0 Å². The van der Waals surface area contributed by atoms with Crippen LogP contribution in [0.2, 0.25) is 0 Å². The van der Waals surface area contributed by atoms with Crippen LogP contribution >= 0.6 is 11.3 Å². The van der Waals surface area contributed by atoms with Crippen LogP contribution in [0.1, 0.15) is 9.75 Å². The topological polar surface area (TPSA) is 38.3 Å². The number of carbonyl (C=O) groups excluding carboxylic acids is 1. The second-order valence-corrected chi connectivity index (χ2v) is 5.70. The van der Waals surface area contributed by atoms with E-state index in [1.54, 1.807) is 29.5 Å². The first-order valence-electron chi connectivity index (χ1n) is 6.54. The molecule has 3 nitrogen and oxygen atoms in total. The van der Waals surface area contributed by atoms with E-state index in [4.69, 9.17) is 4.74 Å². The number of halogens is 1. The highest BCUT2D eigenvalue weighted by Gasteiger charge is 1.98. The molecule has 1 aromatic carbocycles. The van der Waals surface area contributed by atoms with Crippen LogP contribution in [0.3, 0.4) is 0 Å². The molecular weight excluding hydrogens is 289 g/mol. The lowest BCUT2D eigenvalue weighted by Gasteiger charge is -2.06. The van der Waals surface area contributed by atoms with Crippen molar-refractivity contribution in [2.24, 2.45) is 0 Å². The van der Waals surface area contributed by atoms with Gasteiger partial charge in [-0.05, 0) is 37.3 Å². The minimum Gasteiger partial charge on any atom is -0.492 e. The van der Waals surface area contributed by atoms with Crippen LogP contribution in [0.25, 0.3) is 6.08 Å². The molecule has 0 aliphatic carbocycles. The summed E-state index contributed by atoms with van der Waals surface area (Å²) < 4.78 is 18.2. The van der Waals surface area contributed by atoms with Gasteiger partial charge in [-0.1, -0.05) is 6.07 Å². The average molecular weight is 305 g/mol. The van der Waals surface area contributed by atoms with Gasteiger partial charge >= 0.3 is 0 Å². The second-order valence-electron chi connectivity index (χ2n) is 4.38. The molecule has 1 heterocycles. The van der Waals surface area contributed by atoms with Crippen molar-refractivity contribution in [1.29, 1.82) is 0 Å². The molecule has 1 aromatic heterocycles. The first-order chi connectivity index (χ1) is 10.1. The van der Waals surface area contributed by atoms with E-state index < -0.39 is 0 Å². The Kier molecular flexibility index (Phi) is 5.51. The minimum atomic E-state index is -0.342. The van der Waals surface area contributed by atoms with Crippen LogP contribution in [0.4, 0.5) is 4.39 Å². The molecule has 21 heavy (non-hydrogen) atoms. The summed E-state index contributed by atoms with van der Waals surface area (Å²) in [5, 5.41) is 2.70. The number of nitrogens with one attached hydrogen (secondary N) is 1. The van der Waals surface area contributed by atoms with Crippen molar-refractivity contribution >= 4 is 23.3 Å². The summed E-state index contributed by atoms with van der Waals surface area (Å²) in [6, 6.07) is 9.89. The molecule has 0 spiro atoms.